The van der Waals surface area contributed by atoms with Gasteiger partial charge in [-0.15, -0.1) is 11.3 Å². The predicted molar refractivity (Wildman–Crippen MR) is 59.6 cm³/mol. The third-order valence-corrected chi connectivity index (χ3v) is 3.22. The van der Waals surface area contributed by atoms with Gasteiger partial charge in [-0.2, -0.15) is 0 Å². The number of thiophene rings is 1. The number of tetrazole rings is 1. The van der Waals surface area contributed by atoms with Crippen LogP contribution in [0, 0.1) is 0 Å². The topological polar surface area (TPSA) is 69.6 Å². The van der Waals surface area contributed by atoms with E-state index in [1.807, 2.05) is 6.07 Å². The van der Waals surface area contributed by atoms with Crippen LogP contribution in [0.3, 0.4) is 0 Å². The highest BCUT2D eigenvalue weighted by atomic mass is 32.1. The number of hydrogen-bond donors (Lipinski definition) is 1. The highest BCUT2D eigenvalue weighted by molar-refractivity contribution is 7.10. The zero-order valence-corrected chi connectivity index (χ0v) is 9.31. The van der Waals surface area contributed by atoms with Gasteiger partial charge in [-0.25, -0.2) is 4.68 Å². The average Bonchev–Trinajstić information content (AvgIpc) is 2.85. The Morgan fingerprint density at radius 1 is 1.60 bits per heavy atom. The van der Waals surface area contributed by atoms with E-state index in [9.17, 15) is 0 Å². The Morgan fingerprint density at radius 3 is 3.00 bits per heavy atom. The molecule has 2 heterocycles. The highest BCUT2D eigenvalue weighted by Gasteiger charge is 2.17. The Kier molecular flexibility index (Phi) is 2.96. The van der Waals surface area contributed by atoms with Crippen molar-refractivity contribution in [2.45, 2.75) is 25.8 Å². The summed E-state index contributed by atoms with van der Waals surface area (Å²) in [4.78, 5) is 1.25. The Morgan fingerprint density at radius 2 is 2.47 bits per heavy atom. The van der Waals surface area contributed by atoms with Gasteiger partial charge >= 0.3 is 0 Å². The summed E-state index contributed by atoms with van der Waals surface area (Å²) >= 11 is 1.71. The molecule has 0 saturated carbocycles. The van der Waals surface area contributed by atoms with Crippen molar-refractivity contribution >= 4 is 17.3 Å². The molecule has 0 aliphatic heterocycles. The van der Waals surface area contributed by atoms with Gasteiger partial charge in [0.15, 0.2) is 0 Å². The van der Waals surface area contributed by atoms with Crippen molar-refractivity contribution in [1.29, 1.82) is 0 Å². The lowest BCUT2D eigenvalue weighted by Crippen LogP contribution is -2.13. The van der Waals surface area contributed by atoms with Crippen molar-refractivity contribution in [2.75, 3.05) is 5.73 Å². The van der Waals surface area contributed by atoms with Gasteiger partial charge in [0.2, 0.25) is 5.95 Å². The Hall–Kier alpha value is -1.43. The third-order valence-electron chi connectivity index (χ3n) is 2.25. The molecule has 0 aliphatic rings. The second-order valence-electron chi connectivity index (χ2n) is 3.30. The summed E-state index contributed by atoms with van der Waals surface area (Å²) in [5.41, 5.74) is 5.71. The second kappa shape index (κ2) is 4.39. The fourth-order valence-corrected chi connectivity index (χ4v) is 2.41. The maximum Gasteiger partial charge on any atom is 0.240 e. The maximum absolute atomic E-state index is 5.71. The van der Waals surface area contributed by atoms with E-state index in [1.54, 1.807) is 16.0 Å². The molecule has 6 heteroatoms. The molecule has 0 aromatic carbocycles. The molecule has 15 heavy (non-hydrogen) atoms. The molecule has 2 aromatic rings. The Bertz CT molecular complexity index is 408. The largest absolute Gasteiger partial charge is 0.367 e. The smallest absolute Gasteiger partial charge is 0.240 e. The molecule has 2 rings (SSSR count). The fourth-order valence-electron chi connectivity index (χ4n) is 1.56. The molecule has 1 atom stereocenters. The molecule has 80 valence electrons. The number of anilines is 1. The summed E-state index contributed by atoms with van der Waals surface area (Å²) < 4.78 is 1.69. The van der Waals surface area contributed by atoms with Crippen molar-refractivity contribution < 1.29 is 0 Å². The highest BCUT2D eigenvalue weighted by Crippen LogP contribution is 2.27. The van der Waals surface area contributed by atoms with Crippen LogP contribution in [0.1, 0.15) is 30.7 Å². The minimum atomic E-state index is 0.171. The standard InChI is InChI=1S/C9H13N5S/c1-2-4-7(8-5-3-6-15-8)14-9(10)11-12-13-14/h3,5-7H,2,4H2,1H3,(H2,10,11,13). The number of rotatable bonds is 4. The summed E-state index contributed by atoms with van der Waals surface area (Å²) in [5, 5.41) is 13.3. The number of nitrogen functional groups attached to an aromatic ring is 1. The van der Waals surface area contributed by atoms with Crippen molar-refractivity contribution in [3.63, 3.8) is 0 Å². The molecular formula is C9H13N5S. The van der Waals surface area contributed by atoms with E-state index in [2.05, 4.69) is 33.9 Å². The van der Waals surface area contributed by atoms with Gasteiger partial charge in [-0.1, -0.05) is 24.5 Å². The third kappa shape index (κ3) is 1.99. The minimum absolute atomic E-state index is 0.171. The number of nitrogens with zero attached hydrogens (tertiary/aromatic N) is 4. The van der Waals surface area contributed by atoms with Crippen LogP contribution in [0.5, 0.6) is 0 Å². The van der Waals surface area contributed by atoms with Crippen LogP contribution in [0.2, 0.25) is 0 Å². The lowest BCUT2D eigenvalue weighted by atomic mass is 10.1. The predicted octanol–water partition coefficient (Wildman–Crippen LogP) is 1.71. The number of aromatic nitrogens is 4. The summed E-state index contributed by atoms with van der Waals surface area (Å²) in [6.45, 7) is 2.14. The van der Waals surface area contributed by atoms with E-state index in [0.29, 0.717) is 5.95 Å². The van der Waals surface area contributed by atoms with Gasteiger partial charge in [0.1, 0.15) is 0 Å². The van der Waals surface area contributed by atoms with Crippen LogP contribution in [-0.2, 0) is 0 Å². The maximum atomic E-state index is 5.71. The van der Waals surface area contributed by atoms with E-state index < -0.39 is 0 Å². The lowest BCUT2D eigenvalue weighted by Gasteiger charge is -2.14. The van der Waals surface area contributed by atoms with Gasteiger partial charge < -0.3 is 5.73 Å². The van der Waals surface area contributed by atoms with Crippen LogP contribution < -0.4 is 5.73 Å². The van der Waals surface area contributed by atoms with Crippen molar-refractivity contribution in [2.24, 2.45) is 0 Å². The van der Waals surface area contributed by atoms with Crippen LogP contribution >= 0.6 is 11.3 Å². The molecule has 1 unspecified atom stereocenters. The molecule has 2 aromatic heterocycles. The summed E-state index contributed by atoms with van der Waals surface area (Å²) in [5.74, 6) is 0.377. The van der Waals surface area contributed by atoms with Gasteiger partial charge in [0.05, 0.1) is 6.04 Å². The van der Waals surface area contributed by atoms with Crippen LogP contribution in [0.4, 0.5) is 5.95 Å². The minimum Gasteiger partial charge on any atom is -0.367 e. The van der Waals surface area contributed by atoms with Gasteiger partial charge in [-0.05, 0) is 28.3 Å². The zero-order valence-electron chi connectivity index (χ0n) is 8.50. The van der Waals surface area contributed by atoms with E-state index in [1.165, 1.54) is 4.88 Å². The molecule has 2 N–H and O–H groups in total. The van der Waals surface area contributed by atoms with Crippen LogP contribution in [-0.4, -0.2) is 20.2 Å². The Labute approximate surface area is 91.9 Å². The quantitative estimate of drug-likeness (QED) is 0.856. The fraction of sp³-hybridized carbons (Fsp3) is 0.444. The molecule has 0 radical (unpaired) electrons. The van der Waals surface area contributed by atoms with Crippen molar-refractivity contribution in [1.82, 2.24) is 20.2 Å². The first kappa shape index (κ1) is 10.1. The molecule has 0 amide bonds. The Balaban J connectivity index is 2.32. The van der Waals surface area contributed by atoms with E-state index in [-0.39, 0.29) is 6.04 Å². The van der Waals surface area contributed by atoms with Crippen LogP contribution in [0.25, 0.3) is 0 Å². The molecule has 0 spiro atoms. The lowest BCUT2D eigenvalue weighted by molar-refractivity contribution is 0.483. The molecule has 0 saturated heterocycles. The normalized spacial score (nSPS) is 12.9. The van der Waals surface area contributed by atoms with Crippen molar-refractivity contribution in [3.8, 4) is 0 Å². The van der Waals surface area contributed by atoms with Gasteiger partial charge in [0, 0.05) is 4.88 Å². The molecular weight excluding hydrogens is 210 g/mol. The van der Waals surface area contributed by atoms with E-state index in [0.717, 1.165) is 12.8 Å². The van der Waals surface area contributed by atoms with E-state index in [4.69, 9.17) is 5.73 Å². The first-order chi connectivity index (χ1) is 7.33. The number of hydrogen-bond acceptors (Lipinski definition) is 5. The van der Waals surface area contributed by atoms with E-state index >= 15 is 0 Å². The summed E-state index contributed by atoms with van der Waals surface area (Å²) in [6.07, 6.45) is 2.07. The monoisotopic (exact) mass is 223 g/mol. The first-order valence-corrected chi connectivity index (χ1v) is 5.77. The molecule has 0 fully saturated rings. The second-order valence-corrected chi connectivity index (χ2v) is 4.28. The van der Waals surface area contributed by atoms with Crippen molar-refractivity contribution in [3.05, 3.63) is 22.4 Å². The molecule has 5 nitrogen and oxygen atoms in total. The molecule has 0 aliphatic carbocycles. The van der Waals surface area contributed by atoms with Crippen LogP contribution in [0.15, 0.2) is 17.5 Å². The first-order valence-electron chi connectivity index (χ1n) is 4.89. The summed E-state index contributed by atoms with van der Waals surface area (Å²) in [7, 11) is 0. The van der Waals surface area contributed by atoms with Gasteiger partial charge in [0.25, 0.3) is 0 Å². The SMILES string of the molecule is CCCC(c1cccs1)n1nnnc1N. The molecule has 0 bridgehead atoms. The number of nitrogens with two attached hydrogens (primary N) is 1. The zero-order chi connectivity index (χ0) is 10.7. The summed E-state index contributed by atoms with van der Waals surface area (Å²) in [6, 6.07) is 4.29. The van der Waals surface area contributed by atoms with Gasteiger partial charge in [-0.3, -0.25) is 0 Å². The average molecular weight is 223 g/mol.